The highest BCUT2D eigenvalue weighted by Gasteiger charge is 2.12. The van der Waals surface area contributed by atoms with Crippen molar-refractivity contribution in [3.63, 3.8) is 0 Å². The van der Waals surface area contributed by atoms with E-state index in [0.29, 0.717) is 12.2 Å². The van der Waals surface area contributed by atoms with Gasteiger partial charge in [-0.15, -0.1) is 0 Å². The molecule has 1 aromatic rings. The molecule has 0 N–H and O–H groups in total. The second-order valence-electron chi connectivity index (χ2n) is 3.08. The zero-order valence-electron chi connectivity index (χ0n) is 9.05. The van der Waals surface area contributed by atoms with Gasteiger partial charge in [-0.25, -0.2) is 4.39 Å². The molecule has 0 atom stereocenters. The largest absolute Gasteiger partial charge is 0.494 e. The molecule has 88 valence electrons. The lowest BCUT2D eigenvalue weighted by molar-refractivity contribution is -0.142. The molecule has 0 aliphatic heterocycles. The molecule has 0 aliphatic carbocycles. The number of benzene rings is 1. The third-order valence-corrected chi connectivity index (χ3v) is 2.20. The summed E-state index contributed by atoms with van der Waals surface area (Å²) in [5, 5.41) is -0.0707. The van der Waals surface area contributed by atoms with Crippen LogP contribution >= 0.6 is 11.6 Å². The van der Waals surface area contributed by atoms with Crippen LogP contribution in [-0.4, -0.2) is 19.7 Å². The highest BCUT2D eigenvalue weighted by atomic mass is 35.5. The molecule has 1 rings (SSSR count). The van der Waals surface area contributed by atoms with Crippen molar-refractivity contribution in [2.45, 2.75) is 13.3 Å². The lowest BCUT2D eigenvalue weighted by atomic mass is 10.1. The highest BCUT2D eigenvalue weighted by molar-refractivity contribution is 6.31. The maximum atomic E-state index is 13.3. The van der Waals surface area contributed by atoms with Crippen LogP contribution in [0.2, 0.25) is 5.02 Å². The number of carbonyl (C=O) groups excluding carboxylic acids is 1. The van der Waals surface area contributed by atoms with Crippen LogP contribution in [0.5, 0.6) is 5.75 Å². The number of hydrogen-bond acceptors (Lipinski definition) is 3. The van der Waals surface area contributed by atoms with Crippen molar-refractivity contribution in [3.8, 4) is 5.75 Å². The molecule has 1 aromatic carbocycles. The normalized spacial score (nSPS) is 10.0. The van der Waals surface area contributed by atoms with Gasteiger partial charge in [0.2, 0.25) is 0 Å². The fraction of sp³-hybridized carbons (Fsp3) is 0.364. The zero-order chi connectivity index (χ0) is 12.1. The first-order valence-electron chi connectivity index (χ1n) is 4.76. The van der Waals surface area contributed by atoms with Gasteiger partial charge in [0.1, 0.15) is 0 Å². The molecule has 0 aromatic heterocycles. The number of carbonyl (C=O) groups is 1. The first-order chi connectivity index (χ1) is 7.58. The fourth-order valence-electron chi connectivity index (χ4n) is 1.25. The summed E-state index contributed by atoms with van der Waals surface area (Å²) in [4.78, 5) is 11.2. The summed E-state index contributed by atoms with van der Waals surface area (Å²) in [6, 6.07) is 2.81. The average Bonchev–Trinajstić information content (AvgIpc) is 2.23. The molecular weight excluding hydrogens is 235 g/mol. The maximum absolute atomic E-state index is 13.3. The fourth-order valence-corrected chi connectivity index (χ4v) is 1.48. The Morgan fingerprint density at radius 3 is 2.75 bits per heavy atom. The molecule has 16 heavy (non-hydrogen) atoms. The van der Waals surface area contributed by atoms with Crippen LogP contribution in [0.4, 0.5) is 4.39 Å². The van der Waals surface area contributed by atoms with Gasteiger partial charge in [-0.1, -0.05) is 11.6 Å². The topological polar surface area (TPSA) is 35.5 Å². The third-order valence-electron chi connectivity index (χ3n) is 1.93. The van der Waals surface area contributed by atoms with Crippen molar-refractivity contribution in [2.24, 2.45) is 0 Å². The van der Waals surface area contributed by atoms with Gasteiger partial charge >= 0.3 is 5.97 Å². The summed E-state index contributed by atoms with van der Waals surface area (Å²) in [7, 11) is 1.34. The van der Waals surface area contributed by atoms with Gasteiger partial charge in [-0.05, 0) is 24.6 Å². The quantitative estimate of drug-likeness (QED) is 0.766. The van der Waals surface area contributed by atoms with Crippen LogP contribution in [-0.2, 0) is 16.0 Å². The highest BCUT2D eigenvalue weighted by Crippen LogP contribution is 2.26. The maximum Gasteiger partial charge on any atom is 0.310 e. The standard InChI is InChI=1S/C11H12ClFO3/c1-3-16-10(14)6-7-4-8(12)11(13)9(5-7)15-2/h4-5H,3,6H2,1-2H3. The second-order valence-corrected chi connectivity index (χ2v) is 3.48. The van der Waals surface area contributed by atoms with E-state index >= 15 is 0 Å². The minimum atomic E-state index is -0.628. The van der Waals surface area contributed by atoms with E-state index in [9.17, 15) is 9.18 Å². The molecule has 0 aliphatic rings. The molecule has 5 heteroatoms. The first-order valence-corrected chi connectivity index (χ1v) is 5.13. The number of methoxy groups -OCH3 is 1. The van der Waals surface area contributed by atoms with Gasteiger partial charge < -0.3 is 9.47 Å². The van der Waals surface area contributed by atoms with Crippen molar-refractivity contribution < 1.29 is 18.7 Å². The summed E-state index contributed by atoms with van der Waals surface area (Å²) in [6.45, 7) is 2.03. The Morgan fingerprint density at radius 1 is 1.50 bits per heavy atom. The molecule has 0 saturated carbocycles. The minimum absolute atomic E-state index is 0.0202. The zero-order valence-corrected chi connectivity index (χ0v) is 9.81. The molecule has 0 heterocycles. The number of esters is 1. The van der Waals surface area contributed by atoms with Gasteiger partial charge in [0.05, 0.1) is 25.2 Å². The van der Waals surface area contributed by atoms with E-state index in [2.05, 4.69) is 0 Å². The SMILES string of the molecule is CCOC(=O)Cc1cc(Cl)c(F)c(OC)c1. The molecule has 0 amide bonds. The predicted molar refractivity (Wildman–Crippen MR) is 58.3 cm³/mol. The number of rotatable bonds is 4. The number of hydrogen-bond donors (Lipinski definition) is 0. The van der Waals surface area contributed by atoms with Crippen molar-refractivity contribution in [2.75, 3.05) is 13.7 Å². The monoisotopic (exact) mass is 246 g/mol. The van der Waals surface area contributed by atoms with Gasteiger partial charge in [-0.2, -0.15) is 0 Å². The number of ether oxygens (including phenoxy) is 2. The van der Waals surface area contributed by atoms with E-state index < -0.39 is 5.82 Å². The third kappa shape index (κ3) is 3.10. The minimum Gasteiger partial charge on any atom is -0.494 e. The molecule has 0 unspecified atom stereocenters. The van der Waals surface area contributed by atoms with Crippen molar-refractivity contribution in [3.05, 3.63) is 28.5 Å². The van der Waals surface area contributed by atoms with Gasteiger partial charge in [0, 0.05) is 0 Å². The van der Waals surface area contributed by atoms with Crippen molar-refractivity contribution in [1.29, 1.82) is 0 Å². The first kappa shape index (κ1) is 12.8. The molecule has 0 bridgehead atoms. The summed E-state index contributed by atoms with van der Waals surface area (Å²) < 4.78 is 22.9. The Labute approximate surface area is 98.1 Å². The van der Waals surface area contributed by atoms with E-state index in [1.54, 1.807) is 6.92 Å². The second kappa shape index (κ2) is 5.70. The van der Waals surface area contributed by atoms with Crippen LogP contribution in [0, 0.1) is 5.82 Å². The van der Waals surface area contributed by atoms with Crippen LogP contribution in [0.25, 0.3) is 0 Å². The molecule has 0 spiro atoms. The van der Waals surface area contributed by atoms with Crippen LogP contribution < -0.4 is 4.74 Å². The molecule has 3 nitrogen and oxygen atoms in total. The van der Waals surface area contributed by atoms with Gasteiger partial charge in [0.25, 0.3) is 0 Å². The smallest absolute Gasteiger partial charge is 0.310 e. The van der Waals surface area contributed by atoms with Crippen molar-refractivity contribution >= 4 is 17.6 Å². The Bertz CT molecular complexity index is 393. The Morgan fingerprint density at radius 2 is 2.19 bits per heavy atom. The average molecular weight is 247 g/mol. The summed E-state index contributed by atoms with van der Waals surface area (Å²) in [5.74, 6) is -0.990. The summed E-state index contributed by atoms with van der Waals surface area (Å²) in [6.07, 6.45) is 0.0458. The molecule has 0 fully saturated rings. The lowest BCUT2D eigenvalue weighted by Crippen LogP contribution is -2.07. The molecule has 0 saturated heterocycles. The van der Waals surface area contributed by atoms with E-state index in [4.69, 9.17) is 21.1 Å². The predicted octanol–water partition coefficient (Wildman–Crippen LogP) is 2.59. The van der Waals surface area contributed by atoms with E-state index in [1.807, 2.05) is 0 Å². The van der Waals surface area contributed by atoms with Crippen LogP contribution in [0.15, 0.2) is 12.1 Å². The Hall–Kier alpha value is -1.29. The summed E-state index contributed by atoms with van der Waals surface area (Å²) in [5.41, 5.74) is 0.557. The Balaban J connectivity index is 2.89. The molecule has 0 radical (unpaired) electrons. The Kier molecular flexibility index (Phi) is 4.55. The number of halogens is 2. The van der Waals surface area contributed by atoms with Crippen LogP contribution in [0.3, 0.4) is 0 Å². The van der Waals surface area contributed by atoms with E-state index in [1.165, 1.54) is 19.2 Å². The summed E-state index contributed by atoms with van der Waals surface area (Å²) >= 11 is 5.65. The molecular formula is C11H12ClFO3. The lowest BCUT2D eigenvalue weighted by Gasteiger charge is -2.07. The van der Waals surface area contributed by atoms with Crippen molar-refractivity contribution in [1.82, 2.24) is 0 Å². The van der Waals surface area contributed by atoms with Gasteiger partial charge in [0.15, 0.2) is 11.6 Å². The van der Waals surface area contributed by atoms with Crippen LogP contribution in [0.1, 0.15) is 12.5 Å². The van der Waals surface area contributed by atoms with E-state index in [0.717, 1.165) is 0 Å². The van der Waals surface area contributed by atoms with E-state index in [-0.39, 0.29) is 23.2 Å². The van der Waals surface area contributed by atoms with Gasteiger partial charge in [-0.3, -0.25) is 4.79 Å².